The van der Waals surface area contributed by atoms with Gasteiger partial charge in [0, 0.05) is 18.7 Å². The van der Waals surface area contributed by atoms with Crippen LogP contribution in [0.4, 0.5) is 5.69 Å². The fourth-order valence-electron chi connectivity index (χ4n) is 2.74. The van der Waals surface area contributed by atoms with Crippen LogP contribution >= 0.6 is 0 Å². The Hall–Kier alpha value is -2.74. The fraction of sp³-hybridized carbons (Fsp3) is 0.391. The Balaban J connectivity index is 1.63. The molecule has 7 nitrogen and oxygen atoms in total. The third-order valence-corrected chi connectivity index (χ3v) is 4.52. The van der Waals surface area contributed by atoms with Gasteiger partial charge in [-0.15, -0.1) is 0 Å². The van der Waals surface area contributed by atoms with Gasteiger partial charge in [-0.2, -0.15) is 0 Å². The molecule has 0 aliphatic rings. The van der Waals surface area contributed by atoms with Crippen LogP contribution in [0.5, 0.6) is 5.75 Å². The molecule has 0 bridgehead atoms. The summed E-state index contributed by atoms with van der Waals surface area (Å²) in [6, 6.07) is 14.2. The maximum absolute atomic E-state index is 10.7. The molecule has 2 aromatic rings. The highest BCUT2D eigenvalue weighted by atomic mass is 16.6. The molecule has 0 aliphatic carbocycles. The molecule has 0 saturated heterocycles. The van der Waals surface area contributed by atoms with Crippen molar-refractivity contribution in [1.29, 1.82) is 0 Å². The van der Waals surface area contributed by atoms with Crippen molar-refractivity contribution >= 4 is 17.8 Å². The Bertz CT molecular complexity index is 769. The molecule has 0 unspecified atom stereocenters. The average Bonchev–Trinajstić information content (AvgIpc) is 2.78. The number of aliphatic hydroxyl groups is 2. The number of nitrogens with zero attached hydrogens (tertiary/aromatic N) is 1. The van der Waals surface area contributed by atoms with Gasteiger partial charge < -0.3 is 19.7 Å². The molecule has 7 heteroatoms. The zero-order valence-electron chi connectivity index (χ0n) is 17.0. The van der Waals surface area contributed by atoms with Crippen LogP contribution in [0.15, 0.2) is 48.5 Å². The second-order valence-electron chi connectivity index (χ2n) is 6.87. The molecule has 0 fully saturated rings. The summed E-state index contributed by atoms with van der Waals surface area (Å²) in [5.74, 6) is 0.819. The highest BCUT2D eigenvalue weighted by Crippen LogP contribution is 2.17. The molecule has 0 radical (unpaired) electrons. The van der Waals surface area contributed by atoms with E-state index in [1.807, 2.05) is 36.4 Å². The molecule has 0 amide bonds. The minimum Gasteiger partial charge on any atom is -0.494 e. The zero-order valence-corrected chi connectivity index (χ0v) is 17.0. The van der Waals surface area contributed by atoms with Crippen LogP contribution in [0, 0.1) is 10.1 Å². The number of aliphatic hydroxyl groups excluding tert-OH is 2. The quantitative estimate of drug-likeness (QED) is 0.209. The van der Waals surface area contributed by atoms with E-state index in [0.717, 1.165) is 42.6 Å². The highest BCUT2D eigenvalue weighted by molar-refractivity contribution is 5.70. The molecule has 2 aromatic carbocycles. The number of rotatable bonds is 14. The van der Waals surface area contributed by atoms with E-state index in [1.54, 1.807) is 12.1 Å². The maximum atomic E-state index is 10.7. The summed E-state index contributed by atoms with van der Waals surface area (Å²) in [5, 5.41) is 28.5. The second kappa shape index (κ2) is 13.5. The first-order valence-corrected chi connectivity index (χ1v) is 10.1. The molecule has 2 N–H and O–H groups in total. The van der Waals surface area contributed by atoms with Crippen LogP contribution in [-0.2, 0) is 4.74 Å². The van der Waals surface area contributed by atoms with Gasteiger partial charge in [0.1, 0.15) is 11.9 Å². The van der Waals surface area contributed by atoms with Crippen molar-refractivity contribution in [1.82, 2.24) is 0 Å². The van der Waals surface area contributed by atoms with Gasteiger partial charge in [0.15, 0.2) is 0 Å². The molecule has 30 heavy (non-hydrogen) atoms. The Morgan fingerprint density at radius 3 is 1.90 bits per heavy atom. The smallest absolute Gasteiger partial charge is 0.269 e. The number of non-ortho nitro benzene ring substituents is 1. The van der Waals surface area contributed by atoms with Gasteiger partial charge in [-0.25, -0.2) is 0 Å². The lowest BCUT2D eigenvalue weighted by molar-refractivity contribution is -0.384. The summed E-state index contributed by atoms with van der Waals surface area (Å²) in [6.07, 6.45) is 7.28. The van der Waals surface area contributed by atoms with Crippen LogP contribution in [-0.4, -0.2) is 47.7 Å². The van der Waals surface area contributed by atoms with E-state index in [2.05, 4.69) is 0 Å². The van der Waals surface area contributed by atoms with Crippen molar-refractivity contribution in [2.24, 2.45) is 0 Å². The van der Waals surface area contributed by atoms with Gasteiger partial charge in [-0.3, -0.25) is 10.1 Å². The molecule has 0 heterocycles. The molecule has 2 rings (SSSR count). The Morgan fingerprint density at radius 1 is 0.833 bits per heavy atom. The Morgan fingerprint density at radius 2 is 1.37 bits per heavy atom. The Kier molecular flexibility index (Phi) is 10.6. The van der Waals surface area contributed by atoms with Crippen molar-refractivity contribution in [3.8, 4) is 5.75 Å². The van der Waals surface area contributed by atoms with Crippen molar-refractivity contribution in [3.63, 3.8) is 0 Å². The summed E-state index contributed by atoms with van der Waals surface area (Å²) < 4.78 is 11.1. The number of hydrogen-bond acceptors (Lipinski definition) is 6. The third-order valence-electron chi connectivity index (χ3n) is 4.52. The summed E-state index contributed by atoms with van der Waals surface area (Å²) in [7, 11) is 0. The lowest BCUT2D eigenvalue weighted by atomic mass is 10.1. The first-order chi connectivity index (χ1) is 14.6. The first-order valence-electron chi connectivity index (χ1n) is 10.1. The van der Waals surface area contributed by atoms with Gasteiger partial charge in [-0.05, 0) is 54.7 Å². The standard InChI is InChI=1S/C23H29NO6/c25-17-23(18-26)30-16-4-2-1-3-15-29-22-13-9-20(10-14-22)6-5-19-7-11-21(12-8-19)24(27)28/h5-14,23,25-26H,1-4,15-18H2/b6-5+. The van der Waals surface area contributed by atoms with Crippen molar-refractivity contribution < 1.29 is 24.6 Å². The number of nitro benzene ring substituents is 1. The number of unbranched alkanes of at least 4 members (excludes halogenated alkanes) is 3. The largest absolute Gasteiger partial charge is 0.494 e. The lowest BCUT2D eigenvalue weighted by Gasteiger charge is -2.12. The lowest BCUT2D eigenvalue weighted by Crippen LogP contribution is -2.22. The van der Waals surface area contributed by atoms with E-state index in [-0.39, 0.29) is 18.9 Å². The van der Waals surface area contributed by atoms with Crippen molar-refractivity contribution in [2.75, 3.05) is 26.4 Å². The zero-order chi connectivity index (χ0) is 21.6. The summed E-state index contributed by atoms with van der Waals surface area (Å²) in [4.78, 5) is 10.3. The normalized spacial score (nSPS) is 11.3. The highest BCUT2D eigenvalue weighted by Gasteiger charge is 2.04. The maximum Gasteiger partial charge on any atom is 0.269 e. The third kappa shape index (κ3) is 8.73. The fourth-order valence-corrected chi connectivity index (χ4v) is 2.74. The van der Waals surface area contributed by atoms with E-state index >= 15 is 0 Å². The summed E-state index contributed by atoms with van der Waals surface area (Å²) in [6.45, 7) is 0.877. The first kappa shape index (κ1) is 23.5. The van der Waals surface area contributed by atoms with Crippen molar-refractivity contribution in [3.05, 3.63) is 69.8 Å². The summed E-state index contributed by atoms with van der Waals surface area (Å²) >= 11 is 0. The minimum atomic E-state index is -0.472. The average molecular weight is 415 g/mol. The van der Waals surface area contributed by atoms with Crippen LogP contribution in [0.1, 0.15) is 36.8 Å². The molecular formula is C23H29NO6. The SMILES string of the molecule is O=[N+]([O-])c1ccc(/C=C/c2ccc(OCCCCCCOC(CO)CO)cc2)cc1. The second-order valence-corrected chi connectivity index (χ2v) is 6.87. The number of benzene rings is 2. The molecule has 0 saturated carbocycles. The number of ether oxygens (including phenoxy) is 2. The molecule has 0 aliphatic heterocycles. The molecule has 0 aromatic heterocycles. The predicted octanol–water partition coefficient (Wildman–Crippen LogP) is 4.07. The van der Waals surface area contributed by atoms with Gasteiger partial charge in [-0.1, -0.05) is 30.7 Å². The predicted molar refractivity (Wildman–Crippen MR) is 116 cm³/mol. The molecular weight excluding hydrogens is 386 g/mol. The van der Waals surface area contributed by atoms with E-state index in [4.69, 9.17) is 19.7 Å². The molecule has 0 spiro atoms. The van der Waals surface area contributed by atoms with Crippen molar-refractivity contribution in [2.45, 2.75) is 31.8 Å². The van der Waals surface area contributed by atoms with Crippen LogP contribution in [0.3, 0.4) is 0 Å². The van der Waals surface area contributed by atoms with E-state index < -0.39 is 11.0 Å². The molecule has 162 valence electrons. The van der Waals surface area contributed by atoms with Crippen LogP contribution < -0.4 is 4.74 Å². The van der Waals surface area contributed by atoms with Crippen LogP contribution in [0.2, 0.25) is 0 Å². The van der Waals surface area contributed by atoms with E-state index in [1.165, 1.54) is 12.1 Å². The monoisotopic (exact) mass is 415 g/mol. The van der Waals surface area contributed by atoms with Gasteiger partial charge >= 0.3 is 0 Å². The number of hydrogen-bond donors (Lipinski definition) is 2. The van der Waals surface area contributed by atoms with Gasteiger partial charge in [0.2, 0.25) is 0 Å². The van der Waals surface area contributed by atoms with Gasteiger partial charge in [0.25, 0.3) is 5.69 Å². The van der Waals surface area contributed by atoms with E-state index in [9.17, 15) is 10.1 Å². The Labute approximate surface area is 176 Å². The minimum absolute atomic E-state index is 0.0824. The number of nitro groups is 1. The van der Waals surface area contributed by atoms with Crippen LogP contribution in [0.25, 0.3) is 12.2 Å². The van der Waals surface area contributed by atoms with Gasteiger partial charge in [0.05, 0.1) is 24.7 Å². The topological polar surface area (TPSA) is 102 Å². The molecule has 0 atom stereocenters. The summed E-state index contributed by atoms with van der Waals surface area (Å²) in [5.41, 5.74) is 2.00. The van der Waals surface area contributed by atoms with E-state index in [0.29, 0.717) is 13.2 Å².